The third-order valence-corrected chi connectivity index (χ3v) is 3.70. The third-order valence-electron chi connectivity index (χ3n) is 3.70. The van der Waals surface area contributed by atoms with Gasteiger partial charge in [-0.2, -0.15) is 0 Å². The van der Waals surface area contributed by atoms with Crippen molar-refractivity contribution in [2.24, 2.45) is 0 Å². The van der Waals surface area contributed by atoms with E-state index in [1.807, 2.05) is 18.2 Å². The van der Waals surface area contributed by atoms with Crippen LogP contribution in [-0.4, -0.2) is 35.5 Å². The lowest BCUT2D eigenvalue weighted by atomic mass is 10.1. The molecular weight excluding hydrogens is 274 g/mol. The number of pyridine rings is 1. The summed E-state index contributed by atoms with van der Waals surface area (Å²) < 4.78 is 0. The number of nitrogens with two attached hydrogens (primary N) is 1. The van der Waals surface area contributed by atoms with Crippen molar-refractivity contribution in [3.8, 4) is 0 Å². The summed E-state index contributed by atoms with van der Waals surface area (Å²) in [6.07, 6.45) is 4.84. The van der Waals surface area contributed by atoms with Crippen molar-refractivity contribution in [3.05, 3.63) is 48.3 Å². The van der Waals surface area contributed by atoms with Crippen molar-refractivity contribution in [2.45, 2.75) is 6.42 Å². The molecule has 0 spiro atoms. The predicted molar refractivity (Wildman–Crippen MR) is 92.5 cm³/mol. The lowest BCUT2D eigenvalue weighted by Crippen LogP contribution is -2.14. The van der Waals surface area contributed by atoms with Gasteiger partial charge >= 0.3 is 0 Å². The molecule has 3 rings (SSSR count). The van der Waals surface area contributed by atoms with Gasteiger partial charge in [-0.15, -0.1) is 0 Å². The number of benzene rings is 1. The van der Waals surface area contributed by atoms with Crippen LogP contribution < -0.4 is 11.1 Å². The molecule has 0 fully saturated rings. The lowest BCUT2D eigenvalue weighted by Gasteiger charge is -2.10. The van der Waals surface area contributed by atoms with Crippen LogP contribution >= 0.6 is 0 Å². The summed E-state index contributed by atoms with van der Waals surface area (Å²) in [5.74, 6) is 0.687. The van der Waals surface area contributed by atoms with Gasteiger partial charge in [0.05, 0.1) is 5.69 Å². The van der Waals surface area contributed by atoms with Crippen molar-refractivity contribution in [3.63, 3.8) is 0 Å². The molecule has 0 radical (unpaired) electrons. The van der Waals surface area contributed by atoms with E-state index in [4.69, 9.17) is 5.73 Å². The van der Waals surface area contributed by atoms with Gasteiger partial charge < -0.3 is 20.9 Å². The van der Waals surface area contributed by atoms with Crippen molar-refractivity contribution < 1.29 is 0 Å². The quantitative estimate of drug-likeness (QED) is 0.677. The zero-order valence-corrected chi connectivity index (χ0v) is 12.9. The average molecular weight is 295 g/mol. The van der Waals surface area contributed by atoms with Crippen LogP contribution in [0.1, 0.15) is 5.56 Å². The summed E-state index contributed by atoms with van der Waals surface area (Å²) in [7, 11) is 4.18. The van der Waals surface area contributed by atoms with Gasteiger partial charge in [-0.25, -0.2) is 4.98 Å². The Hall–Kier alpha value is -2.53. The highest BCUT2D eigenvalue weighted by Gasteiger charge is 2.06. The standard InChI is InChI=1S/C17H21N5/c1-22(2)9-7-12-11-20-16-6-5-13(10-14(12)16)21-17-15(18)4-3-8-19-17/h3-6,8,10-11,20H,7,9,18H2,1-2H3,(H,19,21). The number of nitrogen functional groups attached to an aromatic ring is 1. The van der Waals surface area contributed by atoms with Crippen molar-refractivity contribution in [1.82, 2.24) is 14.9 Å². The number of aromatic nitrogens is 2. The number of H-pyrrole nitrogens is 1. The van der Waals surface area contributed by atoms with Crippen LogP contribution in [0.3, 0.4) is 0 Å². The summed E-state index contributed by atoms with van der Waals surface area (Å²) in [6, 6.07) is 9.92. The second-order valence-corrected chi connectivity index (χ2v) is 5.69. The summed E-state index contributed by atoms with van der Waals surface area (Å²) >= 11 is 0. The summed E-state index contributed by atoms with van der Waals surface area (Å²) in [5.41, 5.74) is 10.0. The first-order valence-electron chi connectivity index (χ1n) is 7.36. The van der Waals surface area contributed by atoms with Crippen LogP contribution in [-0.2, 0) is 6.42 Å². The van der Waals surface area contributed by atoms with Crippen LogP contribution in [0, 0.1) is 0 Å². The number of nitrogens with one attached hydrogen (secondary N) is 2. The fourth-order valence-electron chi connectivity index (χ4n) is 2.47. The Labute approximate surface area is 130 Å². The molecule has 0 aliphatic heterocycles. The first-order chi connectivity index (χ1) is 10.6. The molecule has 22 heavy (non-hydrogen) atoms. The first kappa shape index (κ1) is 14.4. The van der Waals surface area contributed by atoms with E-state index >= 15 is 0 Å². The molecule has 0 saturated heterocycles. The summed E-state index contributed by atoms with van der Waals surface area (Å²) in [4.78, 5) is 9.79. The number of hydrogen-bond acceptors (Lipinski definition) is 4. The fourth-order valence-corrected chi connectivity index (χ4v) is 2.47. The molecule has 5 heteroatoms. The van der Waals surface area contributed by atoms with E-state index in [0.29, 0.717) is 11.5 Å². The normalized spacial score (nSPS) is 11.2. The molecule has 5 nitrogen and oxygen atoms in total. The lowest BCUT2D eigenvalue weighted by molar-refractivity contribution is 0.414. The molecule has 0 atom stereocenters. The van der Waals surface area contributed by atoms with E-state index < -0.39 is 0 Å². The smallest absolute Gasteiger partial charge is 0.153 e. The van der Waals surface area contributed by atoms with Gasteiger partial charge in [0.1, 0.15) is 0 Å². The number of nitrogens with zero attached hydrogens (tertiary/aromatic N) is 2. The van der Waals surface area contributed by atoms with Crippen LogP contribution in [0.15, 0.2) is 42.7 Å². The Morgan fingerprint density at radius 1 is 1.27 bits per heavy atom. The van der Waals surface area contributed by atoms with E-state index in [1.165, 1.54) is 10.9 Å². The van der Waals surface area contributed by atoms with Gasteiger partial charge in [0.25, 0.3) is 0 Å². The van der Waals surface area contributed by atoms with Gasteiger partial charge in [-0.1, -0.05) is 0 Å². The fraction of sp³-hybridized carbons (Fsp3) is 0.235. The molecule has 2 heterocycles. The molecule has 0 aliphatic rings. The Morgan fingerprint density at radius 3 is 2.91 bits per heavy atom. The van der Waals surface area contributed by atoms with Crippen molar-refractivity contribution in [2.75, 3.05) is 31.7 Å². The minimum absolute atomic E-state index is 0.643. The maximum atomic E-state index is 5.94. The number of fused-ring (bicyclic) bond motifs is 1. The van der Waals surface area contributed by atoms with Gasteiger partial charge in [0.2, 0.25) is 0 Å². The van der Waals surface area contributed by atoms with Crippen molar-refractivity contribution >= 4 is 28.1 Å². The van der Waals surface area contributed by atoms with Crippen LogP contribution in [0.4, 0.5) is 17.2 Å². The Morgan fingerprint density at radius 2 is 2.14 bits per heavy atom. The molecule has 0 aliphatic carbocycles. The van der Waals surface area contributed by atoms with E-state index in [2.05, 4.69) is 52.6 Å². The monoisotopic (exact) mass is 295 g/mol. The highest BCUT2D eigenvalue weighted by atomic mass is 15.0. The third kappa shape index (κ3) is 3.04. The zero-order valence-electron chi connectivity index (χ0n) is 12.9. The Bertz CT molecular complexity index is 776. The van der Waals surface area contributed by atoms with E-state index in [1.54, 1.807) is 6.20 Å². The summed E-state index contributed by atoms with van der Waals surface area (Å²) in [5, 5.41) is 4.52. The van der Waals surface area contributed by atoms with Gasteiger partial charge in [0, 0.05) is 35.5 Å². The molecule has 0 unspecified atom stereocenters. The number of aromatic amines is 1. The van der Waals surface area contributed by atoms with E-state index in [9.17, 15) is 0 Å². The molecule has 1 aromatic carbocycles. The number of likely N-dealkylation sites (N-methyl/N-ethyl adjacent to an activating group) is 1. The number of hydrogen-bond donors (Lipinski definition) is 3. The van der Waals surface area contributed by atoms with Crippen LogP contribution in [0.5, 0.6) is 0 Å². The second-order valence-electron chi connectivity index (χ2n) is 5.69. The van der Waals surface area contributed by atoms with Crippen LogP contribution in [0.2, 0.25) is 0 Å². The number of rotatable bonds is 5. The van der Waals surface area contributed by atoms with Crippen LogP contribution in [0.25, 0.3) is 10.9 Å². The topological polar surface area (TPSA) is 70.0 Å². The maximum absolute atomic E-state index is 5.94. The average Bonchev–Trinajstić information content (AvgIpc) is 2.90. The number of anilines is 3. The molecule has 2 aromatic heterocycles. The molecule has 0 saturated carbocycles. The Balaban J connectivity index is 1.88. The SMILES string of the molecule is CN(C)CCc1c[nH]c2ccc(Nc3ncccc3N)cc12. The maximum Gasteiger partial charge on any atom is 0.153 e. The molecule has 4 N–H and O–H groups in total. The largest absolute Gasteiger partial charge is 0.396 e. The molecule has 3 aromatic rings. The second kappa shape index (κ2) is 6.07. The zero-order chi connectivity index (χ0) is 15.5. The van der Waals surface area contributed by atoms with E-state index in [-0.39, 0.29) is 0 Å². The summed E-state index contributed by atoms with van der Waals surface area (Å²) in [6.45, 7) is 1.03. The molecule has 0 amide bonds. The van der Waals surface area contributed by atoms with E-state index in [0.717, 1.165) is 24.2 Å². The minimum atomic E-state index is 0.643. The van der Waals surface area contributed by atoms with Crippen molar-refractivity contribution in [1.29, 1.82) is 0 Å². The minimum Gasteiger partial charge on any atom is -0.396 e. The van der Waals surface area contributed by atoms with Gasteiger partial charge in [0.15, 0.2) is 5.82 Å². The molecular formula is C17H21N5. The molecule has 114 valence electrons. The first-order valence-corrected chi connectivity index (χ1v) is 7.36. The highest BCUT2D eigenvalue weighted by Crippen LogP contribution is 2.26. The Kier molecular flexibility index (Phi) is 3.98. The van der Waals surface area contributed by atoms with Gasteiger partial charge in [-0.3, -0.25) is 0 Å². The van der Waals surface area contributed by atoms with Gasteiger partial charge in [-0.05, 0) is 56.4 Å². The molecule has 0 bridgehead atoms. The predicted octanol–water partition coefficient (Wildman–Crippen LogP) is 2.99. The highest BCUT2D eigenvalue weighted by molar-refractivity contribution is 5.87.